The lowest BCUT2D eigenvalue weighted by atomic mass is 9.96. The third kappa shape index (κ3) is 5.34. The zero-order valence-corrected chi connectivity index (χ0v) is 22.3. The van der Waals surface area contributed by atoms with Gasteiger partial charge in [0.05, 0.1) is 12.8 Å². The van der Waals surface area contributed by atoms with Gasteiger partial charge in [-0.1, -0.05) is 47.3 Å². The number of ether oxygens (including phenoxy) is 3. The molecule has 0 spiro atoms. The Morgan fingerprint density at radius 3 is 2.54 bits per heavy atom. The standard InChI is InChI=1S/C26H20BrF3N4O4S/c27-15-8-16(10-31-9-15)39-26-23(35)22(24-20(37-26)12-36-25(38-24)13-4-2-1-3-5-13)34-11-19(32-33-34)14-6-17(28)21(30)18(29)7-14/h1-11,20,22-26,35H,12H2. The topological polar surface area (TPSA) is 91.5 Å². The molecule has 202 valence electrons. The highest BCUT2D eigenvalue weighted by atomic mass is 79.9. The van der Waals surface area contributed by atoms with Gasteiger partial charge in [0, 0.05) is 32.9 Å². The van der Waals surface area contributed by atoms with Gasteiger partial charge in [0.25, 0.3) is 0 Å². The molecule has 8 nitrogen and oxygen atoms in total. The average molecular weight is 621 g/mol. The summed E-state index contributed by atoms with van der Waals surface area (Å²) in [7, 11) is 0. The molecule has 2 aliphatic heterocycles. The highest BCUT2D eigenvalue weighted by Crippen LogP contribution is 2.43. The van der Waals surface area contributed by atoms with Gasteiger partial charge in [-0.3, -0.25) is 4.98 Å². The van der Waals surface area contributed by atoms with Gasteiger partial charge in [-0.2, -0.15) is 0 Å². The summed E-state index contributed by atoms with van der Waals surface area (Å²) in [5.74, 6) is -4.26. The van der Waals surface area contributed by atoms with E-state index in [1.54, 1.807) is 12.4 Å². The third-order valence-electron chi connectivity index (χ3n) is 6.43. The number of benzene rings is 2. The second-order valence-electron chi connectivity index (χ2n) is 9.00. The molecule has 2 fully saturated rings. The lowest BCUT2D eigenvalue weighted by Gasteiger charge is -2.47. The highest BCUT2D eigenvalue weighted by Gasteiger charge is 2.51. The van der Waals surface area contributed by atoms with E-state index in [1.165, 1.54) is 22.6 Å². The molecule has 0 aliphatic carbocycles. The Hall–Kier alpha value is -2.81. The number of thioether (sulfide) groups is 1. The van der Waals surface area contributed by atoms with Gasteiger partial charge in [0.2, 0.25) is 0 Å². The van der Waals surface area contributed by atoms with Crippen LogP contribution in [0.4, 0.5) is 13.2 Å². The van der Waals surface area contributed by atoms with Crippen LogP contribution in [-0.4, -0.2) is 55.4 Å². The molecule has 1 N–H and O–H groups in total. The monoisotopic (exact) mass is 620 g/mol. The summed E-state index contributed by atoms with van der Waals surface area (Å²) < 4.78 is 61.9. The van der Waals surface area contributed by atoms with Gasteiger partial charge in [-0.05, 0) is 34.1 Å². The summed E-state index contributed by atoms with van der Waals surface area (Å²) in [5, 5.41) is 19.8. The van der Waals surface area contributed by atoms with E-state index in [2.05, 4.69) is 31.2 Å². The van der Waals surface area contributed by atoms with Crippen LogP contribution in [0.2, 0.25) is 0 Å². The van der Waals surface area contributed by atoms with Crippen LogP contribution in [0.15, 0.2) is 76.5 Å². The van der Waals surface area contributed by atoms with Crippen LogP contribution in [0.5, 0.6) is 0 Å². The molecule has 13 heteroatoms. The molecule has 0 radical (unpaired) electrons. The number of aromatic nitrogens is 4. The van der Waals surface area contributed by atoms with E-state index in [-0.39, 0.29) is 17.9 Å². The van der Waals surface area contributed by atoms with Crippen molar-refractivity contribution in [2.24, 2.45) is 0 Å². The minimum Gasteiger partial charge on any atom is -0.387 e. The number of rotatable bonds is 5. The van der Waals surface area contributed by atoms with E-state index >= 15 is 0 Å². The summed E-state index contributed by atoms with van der Waals surface area (Å²) in [4.78, 5) is 4.92. The van der Waals surface area contributed by atoms with Gasteiger partial charge < -0.3 is 19.3 Å². The van der Waals surface area contributed by atoms with Crippen molar-refractivity contribution in [3.05, 3.63) is 94.6 Å². The molecule has 2 saturated heterocycles. The highest BCUT2D eigenvalue weighted by molar-refractivity contribution is 9.10. The summed E-state index contributed by atoms with van der Waals surface area (Å²) in [5.41, 5.74) is 0.116. The van der Waals surface area contributed by atoms with Gasteiger partial charge >= 0.3 is 0 Å². The van der Waals surface area contributed by atoms with Crippen molar-refractivity contribution in [2.45, 2.75) is 41.0 Å². The maximum atomic E-state index is 13.9. The maximum Gasteiger partial charge on any atom is 0.194 e. The van der Waals surface area contributed by atoms with Crippen molar-refractivity contribution in [1.82, 2.24) is 20.0 Å². The largest absolute Gasteiger partial charge is 0.387 e. The smallest absolute Gasteiger partial charge is 0.194 e. The van der Waals surface area contributed by atoms with E-state index in [9.17, 15) is 18.3 Å². The van der Waals surface area contributed by atoms with Crippen molar-refractivity contribution in [3.8, 4) is 11.3 Å². The molecule has 39 heavy (non-hydrogen) atoms. The summed E-state index contributed by atoms with van der Waals surface area (Å²) in [6.07, 6.45) is 1.56. The van der Waals surface area contributed by atoms with Crippen molar-refractivity contribution in [3.63, 3.8) is 0 Å². The number of hydrogen-bond acceptors (Lipinski definition) is 8. The van der Waals surface area contributed by atoms with E-state index < -0.39 is 53.5 Å². The molecule has 0 amide bonds. The van der Waals surface area contributed by atoms with Crippen LogP contribution in [0.1, 0.15) is 17.9 Å². The van der Waals surface area contributed by atoms with Crippen LogP contribution in [-0.2, 0) is 14.2 Å². The molecule has 4 aromatic rings. The van der Waals surface area contributed by atoms with Crippen LogP contribution < -0.4 is 0 Å². The van der Waals surface area contributed by atoms with E-state index in [0.29, 0.717) is 0 Å². The van der Waals surface area contributed by atoms with Crippen molar-refractivity contribution >= 4 is 27.7 Å². The Kier molecular flexibility index (Phi) is 7.44. The van der Waals surface area contributed by atoms with Gasteiger partial charge in [0.15, 0.2) is 23.7 Å². The summed E-state index contributed by atoms with van der Waals surface area (Å²) >= 11 is 4.66. The molecule has 2 aliphatic rings. The number of nitrogens with zero attached hydrogens (tertiary/aromatic N) is 4. The van der Waals surface area contributed by atoms with Crippen LogP contribution in [0.3, 0.4) is 0 Å². The van der Waals surface area contributed by atoms with Gasteiger partial charge in [-0.15, -0.1) is 5.10 Å². The molecule has 6 atom stereocenters. The number of fused-ring (bicyclic) bond motifs is 1. The fourth-order valence-corrected chi connectivity index (χ4v) is 6.21. The first-order valence-electron chi connectivity index (χ1n) is 11.9. The Labute approximate surface area is 233 Å². The van der Waals surface area contributed by atoms with Crippen molar-refractivity contribution in [2.75, 3.05) is 6.61 Å². The van der Waals surface area contributed by atoms with Crippen LogP contribution >= 0.6 is 27.7 Å². The molecule has 0 bridgehead atoms. The Bertz CT molecular complexity index is 1460. The quantitative estimate of drug-likeness (QED) is 0.310. The minimum absolute atomic E-state index is 0.00283. The molecule has 6 unspecified atom stereocenters. The van der Waals surface area contributed by atoms with Crippen molar-refractivity contribution in [1.29, 1.82) is 0 Å². The average Bonchev–Trinajstić information content (AvgIpc) is 3.42. The number of aliphatic hydroxyl groups is 1. The Morgan fingerprint density at radius 1 is 1.03 bits per heavy atom. The first kappa shape index (κ1) is 26.4. The Morgan fingerprint density at radius 2 is 1.79 bits per heavy atom. The van der Waals surface area contributed by atoms with Crippen LogP contribution in [0.25, 0.3) is 11.3 Å². The molecular formula is C26H20BrF3N4O4S. The number of hydrogen-bond donors (Lipinski definition) is 1. The summed E-state index contributed by atoms with van der Waals surface area (Å²) in [6.45, 7) is 0.178. The number of halogens is 4. The molecule has 2 aromatic carbocycles. The lowest BCUT2D eigenvalue weighted by molar-refractivity contribution is -0.306. The molecule has 2 aromatic heterocycles. The van der Waals surface area contributed by atoms with E-state index in [1.807, 2.05) is 36.4 Å². The molecular weight excluding hydrogens is 601 g/mol. The van der Waals surface area contributed by atoms with Crippen molar-refractivity contribution < 1.29 is 32.5 Å². The lowest BCUT2D eigenvalue weighted by Crippen LogP contribution is -2.58. The predicted molar refractivity (Wildman–Crippen MR) is 137 cm³/mol. The second kappa shape index (κ2) is 11.0. The maximum absolute atomic E-state index is 13.9. The summed E-state index contributed by atoms with van der Waals surface area (Å²) in [6, 6.07) is 12.0. The zero-order chi connectivity index (χ0) is 27.1. The van der Waals surface area contributed by atoms with E-state index in [0.717, 1.165) is 27.1 Å². The number of aliphatic hydroxyl groups excluding tert-OH is 1. The first-order chi connectivity index (χ1) is 18.9. The minimum atomic E-state index is -1.57. The fourth-order valence-electron chi connectivity index (χ4n) is 4.61. The Balaban J connectivity index is 1.34. The predicted octanol–water partition coefficient (Wildman–Crippen LogP) is 5.05. The molecule has 4 heterocycles. The van der Waals surface area contributed by atoms with Gasteiger partial charge in [-0.25, -0.2) is 17.9 Å². The molecule has 6 rings (SSSR count). The third-order valence-corrected chi connectivity index (χ3v) is 7.98. The molecule has 0 saturated carbocycles. The first-order valence-corrected chi connectivity index (χ1v) is 13.5. The second-order valence-corrected chi connectivity index (χ2v) is 11.1. The van der Waals surface area contributed by atoms with Crippen LogP contribution in [0, 0.1) is 17.5 Å². The number of pyridine rings is 1. The zero-order valence-electron chi connectivity index (χ0n) is 19.9. The fraction of sp³-hybridized carbons (Fsp3) is 0.269. The van der Waals surface area contributed by atoms with E-state index in [4.69, 9.17) is 14.2 Å². The van der Waals surface area contributed by atoms with Gasteiger partial charge in [0.1, 0.15) is 35.5 Å². The normalized spacial score (nSPS) is 26.8. The SMILES string of the molecule is OC1C(Sc2cncc(Br)c2)OC2COC(c3ccccc3)OC2C1n1cc(-c2cc(F)c(F)c(F)c2)nn1.